The number of rotatable bonds is 6. The van der Waals surface area contributed by atoms with Crippen LogP contribution in [-0.2, 0) is 45.0 Å². The van der Waals surface area contributed by atoms with Crippen molar-refractivity contribution in [3.8, 4) is 0 Å². The highest BCUT2D eigenvalue weighted by atomic mass is 32.2. The van der Waals surface area contributed by atoms with Gasteiger partial charge in [-0.2, -0.15) is 0 Å². The fraction of sp³-hybridized carbons (Fsp3) is 0.368. The molecule has 0 saturated carbocycles. The maximum atomic E-state index is 12.8. The first-order valence-electron chi connectivity index (χ1n) is 9.11. The summed E-state index contributed by atoms with van der Waals surface area (Å²) < 4.78 is 40.1. The molecule has 1 fully saturated rings. The predicted octanol–water partition coefficient (Wildman–Crippen LogP) is -0.132. The number of fused-ring (bicyclic) bond motifs is 1. The maximum Gasteiger partial charge on any atom is 0.407 e. The first-order chi connectivity index (χ1) is 14.7. The van der Waals surface area contributed by atoms with E-state index in [0.29, 0.717) is 5.56 Å². The number of β-lactam (4-membered cyclic amide) rings is 1. The fourth-order valence-electron chi connectivity index (χ4n) is 3.29. The molecule has 0 aliphatic carbocycles. The van der Waals surface area contributed by atoms with Gasteiger partial charge in [0.1, 0.15) is 25.0 Å². The Labute approximate surface area is 177 Å². The average molecular weight is 452 g/mol. The van der Waals surface area contributed by atoms with Crippen LogP contribution in [0.4, 0.5) is 4.79 Å². The SMILES string of the molecule is COC(=O)NC1C(=O)N2C(C(=O)OCc3ccccc3)=C(COC(C)=O)CS(=O)(=O)C12. The molecule has 2 atom stereocenters. The summed E-state index contributed by atoms with van der Waals surface area (Å²) in [5.74, 6) is -3.12. The second-order valence-electron chi connectivity index (χ2n) is 6.81. The summed E-state index contributed by atoms with van der Waals surface area (Å²) in [5.41, 5.74) is 0.275. The quantitative estimate of drug-likeness (QED) is 0.354. The number of carbonyl (C=O) groups is 4. The first-order valence-corrected chi connectivity index (χ1v) is 10.8. The van der Waals surface area contributed by atoms with Crippen molar-refractivity contribution in [3.63, 3.8) is 0 Å². The van der Waals surface area contributed by atoms with Crippen LogP contribution in [0, 0.1) is 0 Å². The third-order valence-electron chi connectivity index (χ3n) is 4.68. The third kappa shape index (κ3) is 4.53. The summed E-state index contributed by atoms with van der Waals surface area (Å²) >= 11 is 0. The van der Waals surface area contributed by atoms with Gasteiger partial charge in [0.05, 0.1) is 12.9 Å². The van der Waals surface area contributed by atoms with Crippen LogP contribution in [0.2, 0.25) is 0 Å². The van der Waals surface area contributed by atoms with E-state index in [0.717, 1.165) is 18.9 Å². The molecule has 0 aromatic heterocycles. The number of nitrogens with one attached hydrogen (secondary N) is 1. The number of hydrogen-bond donors (Lipinski definition) is 1. The van der Waals surface area contributed by atoms with Gasteiger partial charge in [0.15, 0.2) is 15.2 Å². The Morgan fingerprint density at radius 2 is 1.81 bits per heavy atom. The molecule has 0 radical (unpaired) electrons. The average Bonchev–Trinajstić information content (AvgIpc) is 2.73. The number of methoxy groups -OCH3 is 1. The molecule has 1 saturated heterocycles. The summed E-state index contributed by atoms with van der Waals surface area (Å²) in [6.07, 6.45) is -0.990. The van der Waals surface area contributed by atoms with E-state index in [2.05, 4.69) is 10.1 Å². The Bertz CT molecular complexity index is 1050. The summed E-state index contributed by atoms with van der Waals surface area (Å²) in [7, 11) is -2.95. The van der Waals surface area contributed by atoms with E-state index in [4.69, 9.17) is 9.47 Å². The molecule has 1 aromatic carbocycles. The minimum Gasteiger partial charge on any atom is -0.461 e. The van der Waals surface area contributed by atoms with Crippen molar-refractivity contribution in [2.75, 3.05) is 19.5 Å². The molecule has 166 valence electrons. The number of benzene rings is 1. The summed E-state index contributed by atoms with van der Waals surface area (Å²) in [6, 6.07) is 7.32. The summed E-state index contributed by atoms with van der Waals surface area (Å²) in [6.45, 7) is 0.502. The van der Waals surface area contributed by atoms with Crippen LogP contribution in [0.15, 0.2) is 41.6 Å². The lowest BCUT2D eigenvalue weighted by Crippen LogP contribution is -2.74. The Morgan fingerprint density at radius 1 is 1.13 bits per heavy atom. The molecule has 2 aliphatic rings. The Hall–Kier alpha value is -3.41. The Balaban J connectivity index is 1.92. The van der Waals surface area contributed by atoms with E-state index >= 15 is 0 Å². The van der Waals surface area contributed by atoms with Gasteiger partial charge in [-0.25, -0.2) is 18.0 Å². The Morgan fingerprint density at radius 3 is 2.42 bits per heavy atom. The number of ether oxygens (including phenoxy) is 3. The number of hydrogen-bond acceptors (Lipinski definition) is 9. The highest BCUT2D eigenvalue weighted by Crippen LogP contribution is 2.37. The molecule has 3 rings (SSSR count). The van der Waals surface area contributed by atoms with Crippen molar-refractivity contribution in [2.45, 2.75) is 24.9 Å². The van der Waals surface area contributed by atoms with Gasteiger partial charge in [-0.3, -0.25) is 14.5 Å². The number of carbonyl (C=O) groups excluding carboxylic acids is 4. The zero-order valence-electron chi connectivity index (χ0n) is 16.7. The van der Waals surface area contributed by atoms with Crippen LogP contribution >= 0.6 is 0 Å². The van der Waals surface area contributed by atoms with Crippen LogP contribution in [-0.4, -0.2) is 68.1 Å². The Kier molecular flexibility index (Phi) is 6.29. The minimum atomic E-state index is -4.01. The lowest BCUT2D eigenvalue weighted by Gasteiger charge is -2.48. The van der Waals surface area contributed by atoms with Crippen LogP contribution in [0.25, 0.3) is 0 Å². The number of sulfone groups is 1. The molecule has 2 amide bonds. The second-order valence-corrected chi connectivity index (χ2v) is 8.91. The van der Waals surface area contributed by atoms with E-state index in [9.17, 15) is 27.6 Å². The molecule has 12 heteroatoms. The number of nitrogens with zero attached hydrogens (tertiary/aromatic N) is 1. The molecule has 2 unspecified atom stereocenters. The van der Waals surface area contributed by atoms with Crippen LogP contribution in [0.3, 0.4) is 0 Å². The van der Waals surface area contributed by atoms with Crippen molar-refractivity contribution in [3.05, 3.63) is 47.2 Å². The topological polar surface area (TPSA) is 145 Å². The molecule has 2 aliphatic heterocycles. The standard InChI is InChI=1S/C19H20N2O9S/c1-11(22)29-9-13-10-31(26,27)17-14(20-19(25)28-2)16(23)21(17)15(13)18(24)30-8-12-6-4-3-5-7-12/h3-7,14,17H,8-10H2,1-2H3,(H,20,25). The molecule has 0 bridgehead atoms. The number of amides is 2. The van der Waals surface area contributed by atoms with Gasteiger partial charge in [0, 0.05) is 12.5 Å². The second kappa shape index (κ2) is 8.76. The highest BCUT2D eigenvalue weighted by molar-refractivity contribution is 7.92. The zero-order chi connectivity index (χ0) is 22.8. The normalized spacial score (nSPS) is 21.5. The first kappa shape index (κ1) is 22.3. The molecular weight excluding hydrogens is 432 g/mol. The largest absolute Gasteiger partial charge is 0.461 e. The van der Waals surface area contributed by atoms with E-state index in [-0.39, 0.29) is 17.9 Å². The molecular formula is C19H20N2O9S. The van der Waals surface area contributed by atoms with E-state index < -0.39 is 57.6 Å². The fourth-order valence-corrected chi connectivity index (χ4v) is 5.29. The van der Waals surface area contributed by atoms with Gasteiger partial charge in [-0.1, -0.05) is 30.3 Å². The van der Waals surface area contributed by atoms with Crippen LogP contribution in [0.5, 0.6) is 0 Å². The van der Waals surface area contributed by atoms with Crippen molar-refractivity contribution < 1.29 is 41.8 Å². The monoisotopic (exact) mass is 452 g/mol. The number of esters is 2. The van der Waals surface area contributed by atoms with Gasteiger partial charge >= 0.3 is 18.0 Å². The lowest BCUT2D eigenvalue weighted by molar-refractivity contribution is -0.152. The van der Waals surface area contributed by atoms with Gasteiger partial charge in [-0.05, 0) is 5.56 Å². The highest BCUT2D eigenvalue weighted by Gasteiger charge is 2.61. The van der Waals surface area contributed by atoms with Gasteiger partial charge in [0.25, 0.3) is 5.91 Å². The van der Waals surface area contributed by atoms with Gasteiger partial charge < -0.3 is 19.5 Å². The van der Waals surface area contributed by atoms with Crippen molar-refractivity contribution in [2.24, 2.45) is 0 Å². The maximum absolute atomic E-state index is 12.8. The van der Waals surface area contributed by atoms with Gasteiger partial charge in [-0.15, -0.1) is 0 Å². The number of alkyl carbamates (subject to hydrolysis) is 1. The van der Waals surface area contributed by atoms with Crippen molar-refractivity contribution in [1.82, 2.24) is 10.2 Å². The molecule has 2 heterocycles. The molecule has 11 nitrogen and oxygen atoms in total. The molecule has 1 aromatic rings. The zero-order valence-corrected chi connectivity index (χ0v) is 17.5. The van der Waals surface area contributed by atoms with Crippen LogP contribution < -0.4 is 5.32 Å². The summed E-state index contributed by atoms with van der Waals surface area (Å²) in [5, 5.41) is 0.661. The third-order valence-corrected chi connectivity index (χ3v) is 6.65. The molecule has 1 N–H and O–H groups in total. The lowest BCUT2D eigenvalue weighted by atomic mass is 10.0. The van der Waals surface area contributed by atoms with E-state index in [1.54, 1.807) is 30.3 Å². The smallest absolute Gasteiger partial charge is 0.407 e. The predicted molar refractivity (Wildman–Crippen MR) is 104 cm³/mol. The van der Waals surface area contributed by atoms with Crippen molar-refractivity contribution in [1.29, 1.82) is 0 Å². The van der Waals surface area contributed by atoms with E-state index in [1.165, 1.54) is 0 Å². The van der Waals surface area contributed by atoms with Gasteiger partial charge in [0.2, 0.25) is 0 Å². The van der Waals surface area contributed by atoms with E-state index in [1.807, 2.05) is 0 Å². The van der Waals surface area contributed by atoms with Crippen molar-refractivity contribution >= 4 is 33.8 Å². The minimum absolute atomic E-state index is 0.0885. The molecule has 0 spiro atoms. The molecule has 31 heavy (non-hydrogen) atoms. The summed E-state index contributed by atoms with van der Waals surface area (Å²) in [4.78, 5) is 49.0. The van der Waals surface area contributed by atoms with Crippen LogP contribution in [0.1, 0.15) is 12.5 Å².